The molecule has 108 valence electrons. The van der Waals surface area contributed by atoms with E-state index in [0.717, 1.165) is 11.2 Å². The number of aromatic amines is 1. The first-order valence-electron chi connectivity index (χ1n) is 6.70. The maximum atomic E-state index is 12.6. The Morgan fingerprint density at radius 2 is 1.82 bits per heavy atom. The van der Waals surface area contributed by atoms with Crippen LogP contribution in [0.25, 0.3) is 27.6 Å². The van der Waals surface area contributed by atoms with Gasteiger partial charge in [0.1, 0.15) is 11.2 Å². The van der Waals surface area contributed by atoms with Gasteiger partial charge in [0.05, 0.1) is 5.52 Å². The van der Waals surface area contributed by atoms with Crippen molar-refractivity contribution in [3.63, 3.8) is 0 Å². The van der Waals surface area contributed by atoms with Crippen molar-refractivity contribution in [1.82, 2.24) is 14.8 Å². The minimum absolute atomic E-state index is 0.123. The summed E-state index contributed by atoms with van der Waals surface area (Å²) in [6, 6.07) is 14.7. The lowest BCUT2D eigenvalue weighted by Gasteiger charge is -2.12. The monoisotopic (exact) mass is 310 g/mol. The number of hydrogen-bond acceptors (Lipinski definition) is 3. The smallest absolute Gasteiger partial charge is 0.202 e. The van der Waals surface area contributed by atoms with E-state index in [2.05, 4.69) is 10.2 Å². The van der Waals surface area contributed by atoms with Gasteiger partial charge in [-0.05, 0) is 36.4 Å². The zero-order valence-corrected chi connectivity index (χ0v) is 12.1. The second-order valence-corrected chi connectivity index (χ2v) is 5.43. The summed E-state index contributed by atoms with van der Waals surface area (Å²) in [4.78, 5) is 12.6. The number of halogens is 1. The average Bonchev–Trinajstić information content (AvgIpc) is 2.91. The zero-order chi connectivity index (χ0) is 15.3. The first-order chi connectivity index (χ1) is 10.7. The molecule has 0 aliphatic heterocycles. The molecule has 0 saturated carbocycles. The highest BCUT2D eigenvalue weighted by Gasteiger charge is 2.16. The van der Waals surface area contributed by atoms with Crippen LogP contribution >= 0.6 is 11.6 Å². The molecule has 0 atom stereocenters. The number of nitrogens with zero attached hydrogens (tertiary/aromatic N) is 2. The Morgan fingerprint density at radius 3 is 2.59 bits per heavy atom. The fraction of sp³-hybridized carbons (Fsp3) is 0. The molecule has 0 bridgehead atoms. The lowest BCUT2D eigenvalue weighted by atomic mass is 10.1. The number of aromatic nitrogens is 3. The van der Waals surface area contributed by atoms with Crippen molar-refractivity contribution in [2.75, 3.05) is 5.73 Å². The van der Waals surface area contributed by atoms with E-state index in [1.807, 2.05) is 34.9 Å². The van der Waals surface area contributed by atoms with E-state index in [1.165, 1.54) is 0 Å². The summed E-state index contributed by atoms with van der Waals surface area (Å²) in [5.74, 6) is 0.272. The topological polar surface area (TPSA) is 76.7 Å². The summed E-state index contributed by atoms with van der Waals surface area (Å²) in [6.07, 6.45) is 0. The first-order valence-corrected chi connectivity index (χ1v) is 7.08. The van der Waals surface area contributed by atoms with Gasteiger partial charge < -0.3 is 5.73 Å². The van der Waals surface area contributed by atoms with E-state index in [9.17, 15) is 4.79 Å². The maximum Gasteiger partial charge on any atom is 0.202 e. The third-order valence-electron chi connectivity index (χ3n) is 3.69. The van der Waals surface area contributed by atoms with Gasteiger partial charge in [-0.15, -0.1) is 0 Å². The molecule has 22 heavy (non-hydrogen) atoms. The Balaban J connectivity index is 2.26. The van der Waals surface area contributed by atoms with Gasteiger partial charge in [0.2, 0.25) is 5.43 Å². The molecule has 2 aromatic heterocycles. The summed E-state index contributed by atoms with van der Waals surface area (Å²) in [7, 11) is 0. The number of nitrogen functional groups attached to an aromatic ring is 1. The largest absolute Gasteiger partial charge is 0.383 e. The standard InChI is InChI=1S/C16H11ClN4O/c17-9-5-7-10(8-6-9)21-12-4-2-1-3-11(12)14(22)13-15(18)19-20-16(13)21/h1-8H,(H3,18,19,20). The SMILES string of the molecule is Nc1[nH]nc2c1c(=O)c1ccccc1n2-c1ccc(Cl)cc1. The van der Waals surface area contributed by atoms with E-state index in [4.69, 9.17) is 17.3 Å². The van der Waals surface area contributed by atoms with Crippen molar-refractivity contribution >= 4 is 39.4 Å². The predicted molar refractivity (Wildman–Crippen MR) is 88.6 cm³/mol. The zero-order valence-electron chi connectivity index (χ0n) is 11.4. The van der Waals surface area contributed by atoms with Gasteiger partial charge in [0, 0.05) is 16.1 Å². The predicted octanol–water partition coefficient (Wildman–Crippen LogP) is 3.10. The van der Waals surface area contributed by atoms with Crippen molar-refractivity contribution in [1.29, 1.82) is 0 Å². The van der Waals surface area contributed by atoms with Crippen LogP contribution in [0.2, 0.25) is 5.02 Å². The number of hydrogen-bond donors (Lipinski definition) is 2. The second-order valence-electron chi connectivity index (χ2n) is 4.99. The van der Waals surface area contributed by atoms with Gasteiger partial charge in [-0.25, -0.2) is 0 Å². The molecule has 4 aromatic rings. The molecule has 0 fully saturated rings. The third-order valence-corrected chi connectivity index (χ3v) is 3.94. The quantitative estimate of drug-likeness (QED) is 0.567. The maximum absolute atomic E-state index is 12.6. The number of para-hydroxylation sites is 1. The molecular formula is C16H11ClN4O. The van der Waals surface area contributed by atoms with Crippen LogP contribution in [0, 0.1) is 0 Å². The van der Waals surface area contributed by atoms with Crippen molar-refractivity contribution in [2.45, 2.75) is 0 Å². The van der Waals surface area contributed by atoms with E-state index < -0.39 is 0 Å². The van der Waals surface area contributed by atoms with Gasteiger partial charge >= 0.3 is 0 Å². The Kier molecular flexibility index (Phi) is 2.71. The van der Waals surface area contributed by atoms with E-state index in [0.29, 0.717) is 21.4 Å². The summed E-state index contributed by atoms with van der Waals surface area (Å²) in [5.41, 5.74) is 7.90. The van der Waals surface area contributed by atoms with Crippen molar-refractivity contribution < 1.29 is 0 Å². The molecule has 0 saturated heterocycles. The van der Waals surface area contributed by atoms with Crippen LogP contribution in [-0.4, -0.2) is 14.8 Å². The van der Waals surface area contributed by atoms with Crippen LogP contribution < -0.4 is 11.2 Å². The second kappa shape index (κ2) is 4.61. The van der Waals surface area contributed by atoms with Gasteiger partial charge in [-0.1, -0.05) is 23.7 Å². The van der Waals surface area contributed by atoms with E-state index in [-0.39, 0.29) is 11.2 Å². The fourth-order valence-electron chi connectivity index (χ4n) is 2.69. The molecule has 2 heterocycles. The van der Waals surface area contributed by atoms with Crippen molar-refractivity contribution in [3.05, 3.63) is 63.8 Å². The highest BCUT2D eigenvalue weighted by molar-refractivity contribution is 6.30. The summed E-state index contributed by atoms with van der Waals surface area (Å²) >= 11 is 5.96. The Hall–Kier alpha value is -2.79. The fourth-order valence-corrected chi connectivity index (χ4v) is 2.82. The number of rotatable bonds is 1. The Bertz CT molecular complexity index is 1060. The van der Waals surface area contributed by atoms with Gasteiger partial charge in [0.25, 0.3) is 0 Å². The molecule has 0 amide bonds. The molecular weight excluding hydrogens is 300 g/mol. The first kappa shape index (κ1) is 12.9. The summed E-state index contributed by atoms with van der Waals surface area (Å²) in [6.45, 7) is 0. The number of anilines is 1. The normalized spacial score (nSPS) is 11.3. The Labute approximate surface area is 129 Å². The molecule has 2 aromatic carbocycles. The molecule has 0 spiro atoms. The van der Waals surface area contributed by atoms with Crippen LogP contribution in [0.1, 0.15) is 0 Å². The molecule has 0 aliphatic rings. The number of pyridine rings is 1. The minimum atomic E-state index is -0.123. The summed E-state index contributed by atoms with van der Waals surface area (Å²) in [5, 5.41) is 8.54. The molecule has 6 heteroatoms. The molecule has 3 N–H and O–H groups in total. The van der Waals surface area contributed by atoms with Crippen molar-refractivity contribution in [2.24, 2.45) is 0 Å². The molecule has 4 rings (SSSR count). The minimum Gasteiger partial charge on any atom is -0.383 e. The molecule has 0 radical (unpaired) electrons. The van der Waals surface area contributed by atoms with Gasteiger partial charge in [0.15, 0.2) is 5.65 Å². The third kappa shape index (κ3) is 1.72. The van der Waals surface area contributed by atoms with E-state index in [1.54, 1.807) is 18.2 Å². The van der Waals surface area contributed by atoms with Crippen LogP contribution in [-0.2, 0) is 0 Å². The van der Waals surface area contributed by atoms with Gasteiger partial charge in [-0.3, -0.25) is 14.5 Å². The van der Waals surface area contributed by atoms with Gasteiger partial charge in [-0.2, -0.15) is 5.10 Å². The molecule has 0 unspecified atom stereocenters. The lowest BCUT2D eigenvalue weighted by molar-refractivity contribution is 1.05. The number of nitrogens with two attached hydrogens (primary N) is 1. The number of nitrogens with one attached hydrogen (secondary N) is 1. The average molecular weight is 311 g/mol. The summed E-state index contributed by atoms with van der Waals surface area (Å²) < 4.78 is 1.90. The van der Waals surface area contributed by atoms with Crippen LogP contribution in [0.15, 0.2) is 53.3 Å². The highest BCUT2D eigenvalue weighted by atomic mass is 35.5. The number of fused-ring (bicyclic) bond motifs is 2. The van der Waals surface area contributed by atoms with Crippen LogP contribution in [0.5, 0.6) is 0 Å². The molecule has 0 aliphatic carbocycles. The highest BCUT2D eigenvalue weighted by Crippen LogP contribution is 2.25. The van der Waals surface area contributed by atoms with Crippen molar-refractivity contribution in [3.8, 4) is 5.69 Å². The van der Waals surface area contributed by atoms with Crippen LogP contribution in [0.4, 0.5) is 5.82 Å². The van der Waals surface area contributed by atoms with Crippen LogP contribution in [0.3, 0.4) is 0 Å². The number of H-pyrrole nitrogens is 1. The molecule has 5 nitrogen and oxygen atoms in total. The number of benzene rings is 2. The Morgan fingerprint density at radius 1 is 1.09 bits per heavy atom. The lowest BCUT2D eigenvalue weighted by Crippen LogP contribution is -2.10. The van der Waals surface area contributed by atoms with E-state index >= 15 is 0 Å².